The highest BCUT2D eigenvalue weighted by atomic mass is 16.5. The number of carbonyl (C=O) groups excluding carboxylic acids is 2. The molecule has 1 aromatic rings. The smallest absolute Gasteiger partial charge is 0.257 e. The highest BCUT2D eigenvalue weighted by molar-refractivity contribution is 5.97. The van der Waals surface area contributed by atoms with Gasteiger partial charge in [-0.3, -0.25) is 9.59 Å². The quantitative estimate of drug-likeness (QED) is 0.799. The van der Waals surface area contributed by atoms with Gasteiger partial charge in [-0.25, -0.2) is 0 Å². The molecule has 0 bridgehead atoms. The fourth-order valence-electron chi connectivity index (χ4n) is 4.15. The van der Waals surface area contributed by atoms with Gasteiger partial charge in [-0.15, -0.1) is 0 Å². The van der Waals surface area contributed by atoms with Crippen LogP contribution in [0.3, 0.4) is 0 Å². The molecule has 2 aliphatic heterocycles. The number of carbonyl (C=O) groups is 2. The van der Waals surface area contributed by atoms with Crippen LogP contribution in [0.5, 0.6) is 5.75 Å². The van der Waals surface area contributed by atoms with E-state index in [2.05, 4.69) is 0 Å². The van der Waals surface area contributed by atoms with Crippen LogP contribution in [0.25, 0.3) is 0 Å². The summed E-state index contributed by atoms with van der Waals surface area (Å²) in [7, 11) is 0. The van der Waals surface area contributed by atoms with E-state index in [-0.39, 0.29) is 5.91 Å². The summed E-state index contributed by atoms with van der Waals surface area (Å²) in [5.41, 5.74) is 0.681. The number of rotatable bonds is 5. The molecule has 3 fully saturated rings. The van der Waals surface area contributed by atoms with Gasteiger partial charge < -0.3 is 14.5 Å². The number of hydrogen-bond donors (Lipinski definition) is 0. The second-order valence-corrected chi connectivity index (χ2v) is 8.20. The van der Waals surface area contributed by atoms with Crippen molar-refractivity contribution in [3.63, 3.8) is 0 Å². The normalized spacial score (nSPS) is 21.2. The molecule has 1 aliphatic carbocycles. The van der Waals surface area contributed by atoms with E-state index < -0.39 is 0 Å². The highest BCUT2D eigenvalue weighted by Crippen LogP contribution is 2.32. The third-order valence-electron chi connectivity index (χ3n) is 6.09. The number of hydrogen-bond acceptors (Lipinski definition) is 3. The molecule has 0 atom stereocenters. The highest BCUT2D eigenvalue weighted by Gasteiger charge is 2.35. The molecule has 2 saturated heterocycles. The van der Waals surface area contributed by atoms with Gasteiger partial charge >= 0.3 is 0 Å². The van der Waals surface area contributed by atoms with Gasteiger partial charge in [0, 0.05) is 32.1 Å². The van der Waals surface area contributed by atoms with Crippen LogP contribution in [0.4, 0.5) is 0 Å². The third-order valence-corrected chi connectivity index (χ3v) is 6.09. The van der Waals surface area contributed by atoms with E-state index >= 15 is 0 Å². The Morgan fingerprint density at radius 2 is 1.59 bits per heavy atom. The van der Waals surface area contributed by atoms with Crippen LogP contribution >= 0.6 is 0 Å². The first-order valence-electron chi connectivity index (χ1n) is 10.5. The summed E-state index contributed by atoms with van der Waals surface area (Å²) < 4.78 is 6.09. The van der Waals surface area contributed by atoms with Crippen molar-refractivity contribution in [1.82, 2.24) is 9.80 Å². The molecular weight excluding hydrogens is 340 g/mol. The lowest BCUT2D eigenvalue weighted by molar-refractivity contribution is -0.134. The first-order valence-corrected chi connectivity index (χ1v) is 10.5. The zero-order valence-corrected chi connectivity index (χ0v) is 16.1. The Morgan fingerprint density at radius 1 is 0.889 bits per heavy atom. The topological polar surface area (TPSA) is 49.9 Å². The summed E-state index contributed by atoms with van der Waals surface area (Å²) in [6.07, 6.45) is 7.51. The molecule has 0 N–H and O–H groups in total. The predicted octanol–water partition coefficient (Wildman–Crippen LogP) is 3.34. The lowest BCUT2D eigenvalue weighted by Crippen LogP contribution is -2.40. The maximum Gasteiger partial charge on any atom is 0.257 e. The number of piperidine rings is 2. The van der Waals surface area contributed by atoms with Crippen molar-refractivity contribution < 1.29 is 14.3 Å². The summed E-state index contributed by atoms with van der Waals surface area (Å²) in [4.78, 5) is 29.0. The Balaban J connectivity index is 1.31. The molecule has 0 unspecified atom stereocenters. The fourth-order valence-corrected chi connectivity index (χ4v) is 4.15. The van der Waals surface area contributed by atoms with E-state index in [0.717, 1.165) is 64.7 Å². The van der Waals surface area contributed by atoms with Crippen LogP contribution in [0.2, 0.25) is 0 Å². The van der Waals surface area contributed by atoms with Crippen LogP contribution in [-0.2, 0) is 4.79 Å². The number of likely N-dealkylation sites (tertiary alicyclic amines) is 2. The Morgan fingerprint density at radius 3 is 2.30 bits per heavy atom. The molecule has 4 rings (SSSR count). The summed E-state index contributed by atoms with van der Waals surface area (Å²) in [6, 6.07) is 7.62. The molecule has 146 valence electrons. The Hall–Kier alpha value is -2.04. The Kier molecular flexibility index (Phi) is 5.65. The average Bonchev–Trinajstić information content (AvgIpc) is 3.58. The van der Waals surface area contributed by atoms with Crippen LogP contribution < -0.4 is 4.74 Å². The predicted molar refractivity (Wildman–Crippen MR) is 104 cm³/mol. The molecule has 5 heteroatoms. The molecule has 27 heavy (non-hydrogen) atoms. The van der Waals surface area contributed by atoms with Crippen molar-refractivity contribution in [2.75, 3.05) is 32.8 Å². The van der Waals surface area contributed by atoms with Gasteiger partial charge in [0.25, 0.3) is 5.91 Å². The lowest BCUT2D eigenvalue weighted by Gasteiger charge is -2.32. The van der Waals surface area contributed by atoms with E-state index in [0.29, 0.717) is 35.7 Å². The molecule has 5 nitrogen and oxygen atoms in total. The van der Waals surface area contributed by atoms with Crippen LogP contribution in [0.15, 0.2) is 24.3 Å². The molecule has 0 spiro atoms. The molecule has 2 heterocycles. The van der Waals surface area contributed by atoms with Gasteiger partial charge in [0.2, 0.25) is 5.91 Å². The van der Waals surface area contributed by atoms with Gasteiger partial charge in [-0.1, -0.05) is 12.1 Å². The minimum Gasteiger partial charge on any atom is -0.492 e. The van der Waals surface area contributed by atoms with Gasteiger partial charge in [0.1, 0.15) is 5.75 Å². The second-order valence-electron chi connectivity index (χ2n) is 8.20. The summed E-state index contributed by atoms with van der Waals surface area (Å²) in [5, 5.41) is 0. The first kappa shape index (κ1) is 18.3. The van der Waals surface area contributed by atoms with Crippen molar-refractivity contribution in [1.29, 1.82) is 0 Å². The number of benzene rings is 1. The van der Waals surface area contributed by atoms with Crippen molar-refractivity contribution in [2.24, 2.45) is 11.8 Å². The standard InChI is InChI=1S/C22H30N2O3/c25-21(18-8-9-18)24-14-10-17(11-15-24)16-27-20-7-3-2-6-19(20)22(26)23-12-4-1-5-13-23/h2-3,6-7,17-18H,1,4-5,8-16H2. The van der Waals surface area contributed by atoms with Gasteiger partial charge in [0.15, 0.2) is 0 Å². The minimum atomic E-state index is 0.0927. The van der Waals surface area contributed by atoms with Gasteiger partial charge in [-0.2, -0.15) is 0 Å². The summed E-state index contributed by atoms with van der Waals surface area (Å²) in [5.74, 6) is 1.91. The van der Waals surface area contributed by atoms with Crippen molar-refractivity contribution in [3.8, 4) is 5.75 Å². The van der Waals surface area contributed by atoms with Crippen molar-refractivity contribution in [2.45, 2.75) is 44.9 Å². The maximum atomic E-state index is 12.9. The average molecular weight is 370 g/mol. The second kappa shape index (κ2) is 8.32. The van der Waals surface area contributed by atoms with E-state index in [9.17, 15) is 9.59 Å². The molecule has 0 aromatic heterocycles. The monoisotopic (exact) mass is 370 g/mol. The molecule has 2 amide bonds. The molecular formula is C22H30N2O3. The maximum absolute atomic E-state index is 12.9. The van der Waals surface area contributed by atoms with Gasteiger partial charge in [-0.05, 0) is 63.0 Å². The van der Waals surface area contributed by atoms with Gasteiger partial charge in [0.05, 0.1) is 12.2 Å². The largest absolute Gasteiger partial charge is 0.492 e. The minimum absolute atomic E-state index is 0.0927. The van der Waals surface area contributed by atoms with Crippen LogP contribution in [0.1, 0.15) is 55.3 Å². The number of ether oxygens (including phenoxy) is 1. The van der Waals surface area contributed by atoms with Crippen molar-refractivity contribution in [3.05, 3.63) is 29.8 Å². The van der Waals surface area contributed by atoms with Crippen LogP contribution in [0, 0.1) is 11.8 Å². The SMILES string of the molecule is O=C(c1ccccc1OCC1CCN(C(=O)C2CC2)CC1)N1CCCCC1. The zero-order valence-electron chi connectivity index (χ0n) is 16.1. The Bertz CT molecular complexity index is 672. The van der Waals surface area contributed by atoms with E-state index in [1.807, 2.05) is 34.1 Å². The zero-order chi connectivity index (χ0) is 18.6. The van der Waals surface area contributed by atoms with E-state index in [4.69, 9.17) is 4.74 Å². The van der Waals surface area contributed by atoms with Crippen LogP contribution in [-0.4, -0.2) is 54.4 Å². The molecule has 3 aliphatic rings. The fraction of sp³-hybridized carbons (Fsp3) is 0.636. The van der Waals surface area contributed by atoms with E-state index in [1.54, 1.807) is 0 Å². The summed E-state index contributed by atoms with van der Waals surface area (Å²) in [6.45, 7) is 4.01. The third kappa shape index (κ3) is 4.45. The molecule has 1 aromatic carbocycles. The van der Waals surface area contributed by atoms with Crippen molar-refractivity contribution >= 4 is 11.8 Å². The molecule has 0 radical (unpaired) electrons. The summed E-state index contributed by atoms with van der Waals surface area (Å²) >= 11 is 0. The number of nitrogens with zero attached hydrogens (tertiary/aromatic N) is 2. The lowest BCUT2D eigenvalue weighted by atomic mass is 9.97. The number of para-hydroxylation sites is 1. The number of amides is 2. The molecule has 1 saturated carbocycles. The van der Waals surface area contributed by atoms with E-state index in [1.165, 1.54) is 6.42 Å². The Labute approximate surface area is 161 Å². The first-order chi connectivity index (χ1) is 13.2.